The maximum Gasteiger partial charge on any atom is 0.472 e. The van der Waals surface area contributed by atoms with Crippen LogP contribution in [0.5, 0.6) is 0 Å². The Morgan fingerprint density at radius 1 is 0.452 bits per heavy atom. The Kier molecular flexibility index (Phi) is 54.9. The Bertz CT molecular complexity index is 1240. The Morgan fingerprint density at radius 3 is 1.05 bits per heavy atom. The fraction of sp³-hybridized carbons (Fsp3) is 0.922. The van der Waals surface area contributed by atoms with Crippen molar-refractivity contribution in [3.8, 4) is 0 Å². The van der Waals surface area contributed by atoms with Gasteiger partial charge < -0.3 is 19.8 Å². The monoisotopic (exact) mass is 1050 g/mol. The van der Waals surface area contributed by atoms with Crippen LogP contribution in [-0.2, 0) is 18.4 Å². The standard InChI is InChI=1S/C64H127N2O6P/c1-6-8-10-12-14-16-18-20-22-24-26-28-30-31-32-33-34-35-36-38-40-42-44-46-48-50-52-54-56-58-64(68)65-62(61-72-73(69,70)71-60-59-66(3,4)5)63(67)57-55-53-51-49-47-45-43-41-39-37-29-27-25-23-21-19-17-15-13-11-9-7-2/h24,26,55,57,62-63,67H,6-23,25,27-54,56,58-61H2,1-5H3,(H-,65,68,69,70)/p+1/b26-24-,57-55+. The van der Waals surface area contributed by atoms with E-state index in [-0.39, 0.29) is 19.1 Å². The van der Waals surface area contributed by atoms with Gasteiger partial charge >= 0.3 is 7.82 Å². The molecule has 1 amide bonds. The summed E-state index contributed by atoms with van der Waals surface area (Å²) >= 11 is 0. The number of carbonyl (C=O) groups is 1. The van der Waals surface area contributed by atoms with E-state index in [1.807, 2.05) is 27.2 Å². The summed E-state index contributed by atoms with van der Waals surface area (Å²) in [6.07, 6.45) is 71.6. The molecule has 0 aromatic heterocycles. The first-order chi connectivity index (χ1) is 35.5. The lowest BCUT2D eigenvalue weighted by Gasteiger charge is -2.25. The predicted octanol–water partition coefficient (Wildman–Crippen LogP) is 19.9. The summed E-state index contributed by atoms with van der Waals surface area (Å²) in [7, 11) is 1.59. The van der Waals surface area contributed by atoms with Crippen molar-refractivity contribution in [1.82, 2.24) is 5.32 Å². The van der Waals surface area contributed by atoms with Crippen LogP contribution >= 0.6 is 7.82 Å². The number of hydrogen-bond donors (Lipinski definition) is 3. The van der Waals surface area contributed by atoms with Gasteiger partial charge in [0.1, 0.15) is 13.2 Å². The molecular weight excluding hydrogens is 924 g/mol. The van der Waals surface area contributed by atoms with Crippen molar-refractivity contribution in [1.29, 1.82) is 0 Å². The van der Waals surface area contributed by atoms with Gasteiger partial charge in [-0.15, -0.1) is 0 Å². The first-order valence-corrected chi connectivity index (χ1v) is 33.7. The SMILES string of the molecule is CCCCCCCCCC/C=C\CCCCCCCCCCCCCCCCCCCC(=O)NC(COP(=O)(O)OCC[N+](C)(C)C)C(O)/C=C/CCCCCCCCCCCCCCCCCCCCCC. The number of hydrogen-bond acceptors (Lipinski definition) is 5. The number of nitrogens with one attached hydrogen (secondary N) is 1. The molecule has 8 nitrogen and oxygen atoms in total. The Labute approximate surface area is 455 Å². The zero-order valence-electron chi connectivity index (χ0n) is 49.7. The van der Waals surface area contributed by atoms with Gasteiger partial charge in [0, 0.05) is 6.42 Å². The lowest BCUT2D eigenvalue weighted by molar-refractivity contribution is -0.870. The van der Waals surface area contributed by atoms with E-state index < -0.39 is 20.0 Å². The quantitative estimate of drug-likeness (QED) is 0.0243. The van der Waals surface area contributed by atoms with Gasteiger partial charge in [-0.2, -0.15) is 0 Å². The Balaban J connectivity index is 4.09. The predicted molar refractivity (Wildman–Crippen MR) is 318 cm³/mol. The molecule has 0 aliphatic heterocycles. The highest BCUT2D eigenvalue weighted by Crippen LogP contribution is 2.43. The van der Waals surface area contributed by atoms with Gasteiger partial charge in [0.05, 0.1) is 39.9 Å². The number of aliphatic hydroxyl groups excluding tert-OH is 1. The van der Waals surface area contributed by atoms with E-state index in [1.54, 1.807) is 6.08 Å². The number of nitrogens with zero attached hydrogens (tertiary/aromatic N) is 1. The van der Waals surface area contributed by atoms with Crippen LogP contribution in [0.25, 0.3) is 0 Å². The second-order valence-electron chi connectivity index (χ2n) is 23.5. The molecule has 0 bridgehead atoms. The van der Waals surface area contributed by atoms with E-state index in [9.17, 15) is 19.4 Å². The largest absolute Gasteiger partial charge is 0.472 e. The summed E-state index contributed by atoms with van der Waals surface area (Å²) < 4.78 is 23.8. The van der Waals surface area contributed by atoms with Crippen molar-refractivity contribution in [2.24, 2.45) is 0 Å². The minimum atomic E-state index is -4.35. The first-order valence-electron chi connectivity index (χ1n) is 32.2. The summed E-state index contributed by atoms with van der Waals surface area (Å²) in [5, 5.41) is 14.0. The summed E-state index contributed by atoms with van der Waals surface area (Å²) in [5.74, 6) is -0.170. The molecule has 0 aliphatic rings. The molecule has 0 rings (SSSR count). The summed E-state index contributed by atoms with van der Waals surface area (Å²) in [6, 6.07) is -0.845. The van der Waals surface area contributed by atoms with Crippen molar-refractivity contribution in [3.63, 3.8) is 0 Å². The van der Waals surface area contributed by atoms with Crippen LogP contribution in [0.3, 0.4) is 0 Å². The molecule has 0 fully saturated rings. The number of rotatable bonds is 60. The van der Waals surface area contributed by atoms with Crippen molar-refractivity contribution < 1.29 is 32.9 Å². The van der Waals surface area contributed by atoms with Gasteiger partial charge in [0.25, 0.3) is 0 Å². The minimum Gasteiger partial charge on any atom is -0.387 e. The van der Waals surface area contributed by atoms with E-state index in [0.29, 0.717) is 17.4 Å². The Morgan fingerprint density at radius 2 is 0.740 bits per heavy atom. The molecule has 0 saturated heterocycles. The fourth-order valence-electron chi connectivity index (χ4n) is 9.86. The number of aliphatic hydroxyl groups is 1. The highest BCUT2D eigenvalue weighted by atomic mass is 31.2. The number of quaternary nitrogens is 1. The van der Waals surface area contributed by atoms with Crippen LogP contribution in [-0.4, -0.2) is 73.4 Å². The van der Waals surface area contributed by atoms with Gasteiger partial charge in [0.15, 0.2) is 0 Å². The average molecular weight is 1050 g/mol. The molecule has 9 heteroatoms. The summed E-state index contributed by atoms with van der Waals surface area (Å²) in [4.78, 5) is 23.4. The van der Waals surface area contributed by atoms with Crippen LogP contribution < -0.4 is 5.32 Å². The number of likely N-dealkylation sites (N-methyl/N-ethyl adjacent to an activating group) is 1. The van der Waals surface area contributed by atoms with E-state index >= 15 is 0 Å². The van der Waals surface area contributed by atoms with E-state index in [4.69, 9.17) is 9.05 Å². The van der Waals surface area contributed by atoms with E-state index in [1.165, 1.54) is 276 Å². The van der Waals surface area contributed by atoms with Crippen LogP contribution in [0, 0.1) is 0 Å². The highest BCUT2D eigenvalue weighted by Gasteiger charge is 2.28. The second-order valence-corrected chi connectivity index (χ2v) is 24.9. The number of unbranched alkanes of at least 4 members (excludes halogenated alkanes) is 45. The zero-order chi connectivity index (χ0) is 53.5. The lowest BCUT2D eigenvalue weighted by atomic mass is 10.0. The van der Waals surface area contributed by atoms with Crippen LogP contribution in [0.15, 0.2) is 24.3 Å². The third kappa shape index (κ3) is 58.5. The summed E-state index contributed by atoms with van der Waals surface area (Å²) in [5.41, 5.74) is 0. The normalized spacial score (nSPS) is 13.9. The number of amides is 1. The first kappa shape index (κ1) is 72.0. The molecule has 0 aromatic rings. The molecule has 3 atom stereocenters. The van der Waals surface area contributed by atoms with Crippen LogP contribution in [0.4, 0.5) is 0 Å². The molecule has 0 saturated carbocycles. The number of allylic oxidation sites excluding steroid dienone is 3. The molecular formula is C64H128N2O6P+. The number of phosphoric acid groups is 1. The second kappa shape index (κ2) is 55.7. The molecule has 0 aromatic carbocycles. The zero-order valence-corrected chi connectivity index (χ0v) is 50.5. The molecule has 0 aliphatic carbocycles. The number of phosphoric ester groups is 1. The minimum absolute atomic E-state index is 0.0641. The Hall–Kier alpha value is -1.02. The average Bonchev–Trinajstić information content (AvgIpc) is 3.35. The fourth-order valence-corrected chi connectivity index (χ4v) is 10.6. The van der Waals surface area contributed by atoms with E-state index in [0.717, 1.165) is 32.1 Å². The third-order valence-electron chi connectivity index (χ3n) is 14.9. The maximum atomic E-state index is 13.0. The van der Waals surface area contributed by atoms with Crippen molar-refractivity contribution >= 4 is 13.7 Å². The van der Waals surface area contributed by atoms with Crippen molar-refractivity contribution in [3.05, 3.63) is 24.3 Å². The number of carbonyl (C=O) groups excluding carboxylic acids is 1. The smallest absolute Gasteiger partial charge is 0.387 e. The lowest BCUT2D eigenvalue weighted by Crippen LogP contribution is -2.45. The van der Waals surface area contributed by atoms with Crippen molar-refractivity contribution in [2.75, 3.05) is 40.9 Å². The third-order valence-corrected chi connectivity index (χ3v) is 15.9. The molecule has 434 valence electrons. The molecule has 3 unspecified atom stereocenters. The van der Waals surface area contributed by atoms with Crippen LogP contribution in [0.2, 0.25) is 0 Å². The van der Waals surface area contributed by atoms with Gasteiger partial charge in [-0.05, 0) is 44.9 Å². The molecule has 73 heavy (non-hydrogen) atoms. The molecule has 0 heterocycles. The summed E-state index contributed by atoms with van der Waals surface area (Å²) in [6.45, 7) is 4.87. The van der Waals surface area contributed by atoms with Gasteiger partial charge in [-0.3, -0.25) is 13.8 Å². The van der Waals surface area contributed by atoms with Crippen molar-refractivity contribution in [2.45, 2.75) is 341 Å². The van der Waals surface area contributed by atoms with Gasteiger partial charge in [-0.1, -0.05) is 301 Å². The molecule has 3 N–H and O–H groups in total. The molecule has 0 radical (unpaired) electrons. The van der Waals surface area contributed by atoms with E-state index in [2.05, 4.69) is 31.3 Å². The molecule has 0 spiro atoms. The highest BCUT2D eigenvalue weighted by molar-refractivity contribution is 7.47. The van der Waals surface area contributed by atoms with Gasteiger partial charge in [0.2, 0.25) is 5.91 Å². The maximum absolute atomic E-state index is 13.0. The topological polar surface area (TPSA) is 105 Å². The van der Waals surface area contributed by atoms with Gasteiger partial charge in [-0.25, -0.2) is 4.57 Å². The van der Waals surface area contributed by atoms with Crippen LogP contribution in [0.1, 0.15) is 328 Å².